The highest BCUT2D eigenvalue weighted by Gasteiger charge is 1.96. The Morgan fingerprint density at radius 1 is 0.765 bits per heavy atom. The van der Waals surface area contributed by atoms with Gasteiger partial charge in [0.15, 0.2) is 0 Å². The van der Waals surface area contributed by atoms with Crippen molar-refractivity contribution in [2.75, 3.05) is 6.61 Å². The summed E-state index contributed by atoms with van der Waals surface area (Å²) in [6.07, 6.45) is 14.5. The molecule has 1 heteroatoms. The van der Waals surface area contributed by atoms with E-state index in [4.69, 9.17) is 4.74 Å². The normalized spacial score (nSPS) is 10.5. The van der Waals surface area contributed by atoms with Gasteiger partial charge in [0.1, 0.15) is 0 Å². The highest BCUT2D eigenvalue weighted by molar-refractivity contribution is 4.81. The van der Waals surface area contributed by atoms with E-state index in [1.54, 1.807) is 0 Å². The molecule has 1 nitrogen and oxygen atoms in total. The molecule has 17 heavy (non-hydrogen) atoms. The van der Waals surface area contributed by atoms with Gasteiger partial charge in [-0.25, -0.2) is 0 Å². The quantitative estimate of drug-likeness (QED) is 0.290. The maximum absolute atomic E-state index is 5.47. The molecule has 0 aromatic heterocycles. The number of unbranched alkanes of at least 4 members (excludes halogenated alkanes) is 8. The van der Waals surface area contributed by atoms with Gasteiger partial charge >= 0.3 is 0 Å². The Morgan fingerprint density at radius 3 is 1.82 bits per heavy atom. The summed E-state index contributed by atoms with van der Waals surface area (Å²) in [5.74, 6) is 0.981. The Balaban J connectivity index is 3.05. The Labute approximate surface area is 109 Å². The van der Waals surface area contributed by atoms with Gasteiger partial charge in [-0.2, -0.15) is 0 Å². The SMILES string of the molecule is C=C(CCCCCCCCCCC)OCCC. The summed E-state index contributed by atoms with van der Waals surface area (Å²) < 4.78 is 5.47. The lowest BCUT2D eigenvalue weighted by atomic mass is 10.1. The summed E-state index contributed by atoms with van der Waals surface area (Å²) in [5.41, 5.74) is 0. The molecule has 0 spiro atoms. The molecule has 0 saturated carbocycles. The van der Waals surface area contributed by atoms with Crippen LogP contribution in [0.3, 0.4) is 0 Å². The van der Waals surface area contributed by atoms with Gasteiger partial charge in [-0.05, 0) is 12.8 Å². The Hall–Kier alpha value is -0.460. The molecule has 0 saturated heterocycles. The zero-order chi connectivity index (χ0) is 12.8. The molecule has 0 amide bonds. The van der Waals surface area contributed by atoms with Crippen molar-refractivity contribution in [3.8, 4) is 0 Å². The topological polar surface area (TPSA) is 9.23 Å². The molecule has 0 radical (unpaired) electrons. The largest absolute Gasteiger partial charge is 0.499 e. The Kier molecular flexibility index (Phi) is 13.2. The Morgan fingerprint density at radius 2 is 1.29 bits per heavy atom. The van der Waals surface area contributed by atoms with Gasteiger partial charge in [0.25, 0.3) is 0 Å². The van der Waals surface area contributed by atoms with Gasteiger partial charge in [-0.15, -0.1) is 0 Å². The molecule has 102 valence electrons. The van der Waals surface area contributed by atoms with E-state index in [1.165, 1.54) is 57.8 Å². The molecule has 0 bridgehead atoms. The van der Waals surface area contributed by atoms with E-state index in [-0.39, 0.29) is 0 Å². The van der Waals surface area contributed by atoms with Crippen LogP contribution in [0, 0.1) is 0 Å². The van der Waals surface area contributed by atoms with E-state index >= 15 is 0 Å². The first-order valence-electron chi connectivity index (χ1n) is 7.61. The monoisotopic (exact) mass is 240 g/mol. The van der Waals surface area contributed by atoms with Crippen molar-refractivity contribution in [1.82, 2.24) is 0 Å². The lowest BCUT2D eigenvalue weighted by molar-refractivity contribution is 0.202. The van der Waals surface area contributed by atoms with Crippen molar-refractivity contribution in [3.63, 3.8) is 0 Å². The summed E-state index contributed by atoms with van der Waals surface area (Å²) in [7, 11) is 0. The highest BCUT2D eigenvalue weighted by Crippen LogP contribution is 2.13. The highest BCUT2D eigenvalue weighted by atomic mass is 16.5. The van der Waals surface area contributed by atoms with Crippen LogP contribution in [0.5, 0.6) is 0 Å². The molecule has 0 atom stereocenters. The molecule has 0 aliphatic rings. The van der Waals surface area contributed by atoms with Gasteiger partial charge in [-0.1, -0.05) is 71.8 Å². The van der Waals surface area contributed by atoms with Crippen LogP contribution in [0.25, 0.3) is 0 Å². The zero-order valence-electron chi connectivity index (χ0n) is 12.1. The van der Waals surface area contributed by atoms with Crippen LogP contribution in [0.15, 0.2) is 12.3 Å². The minimum absolute atomic E-state index is 0.830. The predicted molar refractivity (Wildman–Crippen MR) is 77.2 cm³/mol. The third kappa shape index (κ3) is 13.5. The zero-order valence-corrected chi connectivity index (χ0v) is 12.1. The molecule has 0 fully saturated rings. The first kappa shape index (κ1) is 16.5. The van der Waals surface area contributed by atoms with E-state index in [2.05, 4.69) is 20.4 Å². The molecule has 0 unspecified atom stereocenters. The Bertz CT molecular complexity index is 163. The lowest BCUT2D eigenvalue weighted by Gasteiger charge is -2.07. The molecule has 0 aliphatic heterocycles. The van der Waals surface area contributed by atoms with Gasteiger partial charge in [0.05, 0.1) is 12.4 Å². The first-order valence-corrected chi connectivity index (χ1v) is 7.61. The molecular formula is C16H32O. The maximum atomic E-state index is 5.47. The van der Waals surface area contributed by atoms with E-state index in [1.807, 2.05) is 0 Å². The van der Waals surface area contributed by atoms with E-state index in [9.17, 15) is 0 Å². The van der Waals surface area contributed by atoms with Crippen molar-refractivity contribution in [2.24, 2.45) is 0 Å². The van der Waals surface area contributed by atoms with Crippen LogP contribution in [0.1, 0.15) is 84.5 Å². The van der Waals surface area contributed by atoms with Gasteiger partial charge < -0.3 is 4.74 Å². The van der Waals surface area contributed by atoms with Crippen molar-refractivity contribution in [3.05, 3.63) is 12.3 Å². The van der Waals surface area contributed by atoms with Crippen LogP contribution in [0.4, 0.5) is 0 Å². The van der Waals surface area contributed by atoms with Crippen molar-refractivity contribution in [2.45, 2.75) is 84.5 Å². The van der Waals surface area contributed by atoms with E-state index in [0.29, 0.717) is 0 Å². The average Bonchev–Trinajstić information content (AvgIpc) is 2.34. The van der Waals surface area contributed by atoms with Crippen LogP contribution in [-0.2, 0) is 4.74 Å². The molecule has 0 rings (SSSR count). The number of hydrogen-bond donors (Lipinski definition) is 0. The molecule has 0 heterocycles. The predicted octanol–water partition coefficient (Wildman–Crippen LogP) is 5.85. The first-order chi connectivity index (χ1) is 8.31. The standard InChI is InChI=1S/C16H32O/c1-4-6-7-8-9-10-11-12-13-14-16(3)17-15-5-2/h3-15H2,1-2H3. The van der Waals surface area contributed by atoms with Crippen molar-refractivity contribution in [1.29, 1.82) is 0 Å². The summed E-state index contributed by atoms with van der Waals surface area (Å²) in [4.78, 5) is 0. The van der Waals surface area contributed by atoms with Crippen LogP contribution < -0.4 is 0 Å². The minimum atomic E-state index is 0.830. The smallest absolute Gasteiger partial charge is 0.0888 e. The van der Waals surface area contributed by atoms with Crippen LogP contribution >= 0.6 is 0 Å². The molecular weight excluding hydrogens is 208 g/mol. The minimum Gasteiger partial charge on any atom is -0.499 e. The molecule has 0 aliphatic carbocycles. The lowest BCUT2D eigenvalue weighted by Crippen LogP contribution is -1.92. The summed E-state index contributed by atoms with van der Waals surface area (Å²) in [6.45, 7) is 9.17. The van der Waals surface area contributed by atoms with Crippen molar-refractivity contribution < 1.29 is 4.74 Å². The summed E-state index contributed by atoms with van der Waals surface area (Å²) in [6, 6.07) is 0. The van der Waals surface area contributed by atoms with Gasteiger partial charge in [-0.3, -0.25) is 0 Å². The molecule has 0 N–H and O–H groups in total. The fourth-order valence-electron chi connectivity index (χ4n) is 1.95. The second kappa shape index (κ2) is 13.6. The number of rotatable bonds is 13. The van der Waals surface area contributed by atoms with Crippen molar-refractivity contribution >= 4 is 0 Å². The fraction of sp³-hybridized carbons (Fsp3) is 0.875. The third-order valence-corrected chi connectivity index (χ3v) is 3.07. The average molecular weight is 240 g/mol. The maximum Gasteiger partial charge on any atom is 0.0888 e. The molecule has 0 aromatic carbocycles. The van der Waals surface area contributed by atoms with Crippen LogP contribution in [0.2, 0.25) is 0 Å². The molecule has 0 aromatic rings. The number of hydrogen-bond acceptors (Lipinski definition) is 1. The van der Waals surface area contributed by atoms with E-state index < -0.39 is 0 Å². The van der Waals surface area contributed by atoms with E-state index in [0.717, 1.165) is 25.2 Å². The van der Waals surface area contributed by atoms with Gasteiger partial charge in [0, 0.05) is 6.42 Å². The third-order valence-electron chi connectivity index (χ3n) is 3.07. The second-order valence-corrected chi connectivity index (χ2v) is 4.97. The summed E-state index contributed by atoms with van der Waals surface area (Å²) >= 11 is 0. The van der Waals surface area contributed by atoms with Crippen LogP contribution in [-0.4, -0.2) is 6.61 Å². The fourth-order valence-corrected chi connectivity index (χ4v) is 1.95. The summed E-state index contributed by atoms with van der Waals surface area (Å²) in [5, 5.41) is 0. The number of ether oxygens (including phenoxy) is 1. The number of allylic oxidation sites excluding steroid dienone is 1. The second-order valence-electron chi connectivity index (χ2n) is 4.97. The van der Waals surface area contributed by atoms with Gasteiger partial charge in [0.2, 0.25) is 0 Å².